The third kappa shape index (κ3) is 3.56. The monoisotopic (exact) mass is 299 g/mol. The zero-order valence-corrected chi connectivity index (χ0v) is 13.4. The van der Waals surface area contributed by atoms with Crippen LogP contribution in [0.5, 0.6) is 0 Å². The van der Waals surface area contributed by atoms with E-state index in [1.807, 2.05) is 6.07 Å². The normalized spacial score (nSPS) is 14.2. The molecule has 1 aromatic heterocycles. The van der Waals surface area contributed by atoms with Crippen LogP contribution in [0.3, 0.4) is 0 Å². The second-order valence-electron chi connectivity index (χ2n) is 5.48. The maximum Gasteiger partial charge on any atom is 0.135 e. The topological polar surface area (TPSA) is 37.8 Å². The summed E-state index contributed by atoms with van der Waals surface area (Å²) in [7, 11) is 0. The zero-order valence-electron chi connectivity index (χ0n) is 12.6. The van der Waals surface area contributed by atoms with E-state index in [2.05, 4.69) is 43.4 Å². The molecule has 0 bridgehead atoms. The van der Waals surface area contributed by atoms with Crippen LogP contribution in [0.25, 0.3) is 0 Å². The molecule has 1 aliphatic rings. The van der Waals surface area contributed by atoms with Crippen molar-refractivity contribution in [2.75, 3.05) is 11.9 Å². The van der Waals surface area contributed by atoms with Crippen molar-refractivity contribution in [1.29, 1.82) is 0 Å². The molecule has 1 fully saturated rings. The SMILES string of the molecule is CCCNc1nc(C2CC2)nc(Sc2ccccc2)c1C. The fourth-order valence-corrected chi connectivity index (χ4v) is 3.06. The molecule has 0 unspecified atom stereocenters. The van der Waals surface area contributed by atoms with Crippen molar-refractivity contribution in [1.82, 2.24) is 9.97 Å². The Labute approximate surface area is 130 Å². The minimum absolute atomic E-state index is 0.572. The van der Waals surface area contributed by atoms with E-state index in [0.717, 1.165) is 35.2 Å². The van der Waals surface area contributed by atoms with E-state index < -0.39 is 0 Å². The lowest BCUT2D eigenvalue weighted by Crippen LogP contribution is -2.08. The molecular weight excluding hydrogens is 278 g/mol. The van der Waals surface area contributed by atoms with Gasteiger partial charge in [0.2, 0.25) is 0 Å². The summed E-state index contributed by atoms with van der Waals surface area (Å²) >= 11 is 1.73. The van der Waals surface area contributed by atoms with Crippen LogP contribution in [0.2, 0.25) is 0 Å². The first-order valence-electron chi connectivity index (χ1n) is 7.63. The van der Waals surface area contributed by atoms with Crippen LogP contribution < -0.4 is 5.32 Å². The van der Waals surface area contributed by atoms with Crippen molar-refractivity contribution in [3.05, 3.63) is 41.7 Å². The van der Waals surface area contributed by atoms with Crippen LogP contribution in [0.4, 0.5) is 5.82 Å². The quantitative estimate of drug-likeness (QED) is 0.789. The van der Waals surface area contributed by atoms with Crippen LogP contribution in [-0.2, 0) is 0 Å². The maximum atomic E-state index is 4.81. The Balaban J connectivity index is 1.91. The number of hydrogen-bond donors (Lipinski definition) is 1. The molecule has 0 atom stereocenters. The molecule has 2 aromatic rings. The molecule has 1 heterocycles. The Morgan fingerprint density at radius 1 is 1.19 bits per heavy atom. The molecule has 4 heteroatoms. The molecule has 0 spiro atoms. The van der Waals surface area contributed by atoms with Gasteiger partial charge >= 0.3 is 0 Å². The smallest absolute Gasteiger partial charge is 0.135 e. The Kier molecular flexibility index (Phi) is 4.44. The third-order valence-electron chi connectivity index (χ3n) is 3.56. The van der Waals surface area contributed by atoms with E-state index >= 15 is 0 Å². The van der Waals surface area contributed by atoms with Gasteiger partial charge in [0.15, 0.2) is 0 Å². The Morgan fingerprint density at radius 3 is 2.62 bits per heavy atom. The van der Waals surface area contributed by atoms with Crippen molar-refractivity contribution < 1.29 is 0 Å². The number of nitrogens with one attached hydrogen (secondary N) is 1. The highest BCUT2D eigenvalue weighted by atomic mass is 32.2. The number of hydrogen-bond acceptors (Lipinski definition) is 4. The van der Waals surface area contributed by atoms with Crippen LogP contribution in [0.1, 0.15) is 43.5 Å². The molecule has 0 amide bonds. The maximum absolute atomic E-state index is 4.81. The molecule has 110 valence electrons. The van der Waals surface area contributed by atoms with Gasteiger partial charge in [0.25, 0.3) is 0 Å². The molecule has 1 aliphatic carbocycles. The number of nitrogens with zero attached hydrogens (tertiary/aromatic N) is 2. The summed E-state index contributed by atoms with van der Waals surface area (Å²) in [6, 6.07) is 10.4. The average Bonchev–Trinajstić information content (AvgIpc) is 3.34. The summed E-state index contributed by atoms with van der Waals surface area (Å²) < 4.78 is 0. The molecule has 21 heavy (non-hydrogen) atoms. The van der Waals surface area contributed by atoms with Gasteiger partial charge in [-0.05, 0) is 38.3 Å². The van der Waals surface area contributed by atoms with Gasteiger partial charge in [-0.15, -0.1) is 0 Å². The summed E-state index contributed by atoms with van der Waals surface area (Å²) in [5, 5.41) is 4.53. The summed E-state index contributed by atoms with van der Waals surface area (Å²) in [6.07, 6.45) is 3.56. The zero-order chi connectivity index (χ0) is 14.7. The van der Waals surface area contributed by atoms with Crippen molar-refractivity contribution in [3.8, 4) is 0 Å². The molecule has 0 aliphatic heterocycles. The fraction of sp³-hybridized carbons (Fsp3) is 0.412. The molecule has 3 nitrogen and oxygen atoms in total. The third-order valence-corrected chi connectivity index (χ3v) is 4.66. The van der Waals surface area contributed by atoms with Gasteiger partial charge in [-0.25, -0.2) is 9.97 Å². The number of rotatable bonds is 6. The van der Waals surface area contributed by atoms with Gasteiger partial charge in [0.1, 0.15) is 16.7 Å². The van der Waals surface area contributed by atoms with E-state index in [0.29, 0.717) is 5.92 Å². The van der Waals surface area contributed by atoms with Crippen molar-refractivity contribution >= 4 is 17.6 Å². The van der Waals surface area contributed by atoms with E-state index in [4.69, 9.17) is 9.97 Å². The minimum Gasteiger partial charge on any atom is -0.370 e. The highest BCUT2D eigenvalue weighted by Crippen LogP contribution is 2.40. The largest absolute Gasteiger partial charge is 0.370 e. The van der Waals surface area contributed by atoms with Gasteiger partial charge in [0, 0.05) is 22.9 Å². The standard InChI is InChI=1S/C17H21N3S/c1-3-11-18-15-12(2)17(20-16(19-15)13-9-10-13)21-14-7-5-4-6-8-14/h4-8,13H,3,9-11H2,1-2H3,(H,18,19,20). The lowest BCUT2D eigenvalue weighted by Gasteiger charge is -2.13. The van der Waals surface area contributed by atoms with Gasteiger partial charge in [0.05, 0.1) is 0 Å². The summed E-state index contributed by atoms with van der Waals surface area (Å²) in [5.74, 6) is 2.59. The number of aromatic nitrogens is 2. The van der Waals surface area contributed by atoms with Crippen molar-refractivity contribution in [2.45, 2.75) is 48.9 Å². The van der Waals surface area contributed by atoms with Gasteiger partial charge in [-0.1, -0.05) is 36.9 Å². The van der Waals surface area contributed by atoms with Gasteiger partial charge < -0.3 is 5.32 Å². The average molecular weight is 299 g/mol. The summed E-state index contributed by atoms with van der Waals surface area (Å²) in [5.41, 5.74) is 1.15. The number of anilines is 1. The Morgan fingerprint density at radius 2 is 1.95 bits per heavy atom. The lowest BCUT2D eigenvalue weighted by molar-refractivity contribution is 0.853. The summed E-state index contributed by atoms with van der Waals surface area (Å²) in [4.78, 5) is 10.8. The van der Waals surface area contributed by atoms with Crippen LogP contribution in [0.15, 0.2) is 40.3 Å². The molecule has 0 saturated heterocycles. The molecule has 3 rings (SSSR count). The second-order valence-corrected chi connectivity index (χ2v) is 6.54. The van der Waals surface area contributed by atoms with E-state index in [1.54, 1.807) is 11.8 Å². The fourth-order valence-electron chi connectivity index (χ4n) is 2.15. The van der Waals surface area contributed by atoms with Crippen molar-refractivity contribution in [3.63, 3.8) is 0 Å². The van der Waals surface area contributed by atoms with E-state index in [-0.39, 0.29) is 0 Å². The first-order valence-corrected chi connectivity index (χ1v) is 8.45. The predicted molar refractivity (Wildman–Crippen MR) is 88.1 cm³/mol. The minimum atomic E-state index is 0.572. The predicted octanol–water partition coefficient (Wildman–Crippen LogP) is 4.64. The Hall–Kier alpha value is -1.55. The van der Waals surface area contributed by atoms with Crippen LogP contribution in [0, 0.1) is 6.92 Å². The molecule has 1 saturated carbocycles. The highest BCUT2D eigenvalue weighted by Gasteiger charge is 2.28. The first-order chi connectivity index (χ1) is 10.3. The molecular formula is C17H21N3S. The van der Waals surface area contributed by atoms with Gasteiger partial charge in [-0.2, -0.15) is 0 Å². The second kappa shape index (κ2) is 6.48. The van der Waals surface area contributed by atoms with E-state index in [9.17, 15) is 0 Å². The summed E-state index contributed by atoms with van der Waals surface area (Å²) in [6.45, 7) is 5.24. The highest BCUT2D eigenvalue weighted by molar-refractivity contribution is 7.99. The van der Waals surface area contributed by atoms with Gasteiger partial charge in [-0.3, -0.25) is 0 Å². The molecule has 0 radical (unpaired) electrons. The Bertz CT molecular complexity index is 609. The van der Waals surface area contributed by atoms with Crippen molar-refractivity contribution in [2.24, 2.45) is 0 Å². The lowest BCUT2D eigenvalue weighted by atomic mass is 10.3. The van der Waals surface area contributed by atoms with Crippen LogP contribution in [-0.4, -0.2) is 16.5 Å². The number of benzene rings is 1. The molecule has 1 N–H and O–H groups in total. The first kappa shape index (κ1) is 14.4. The van der Waals surface area contributed by atoms with E-state index in [1.165, 1.54) is 17.7 Å². The van der Waals surface area contributed by atoms with Crippen LogP contribution >= 0.6 is 11.8 Å². The molecule has 1 aromatic carbocycles.